The number of hydrogen-bond donors (Lipinski definition) is 6. The van der Waals surface area contributed by atoms with Crippen molar-refractivity contribution in [1.29, 1.82) is 0 Å². The molecule has 1 aliphatic rings. The summed E-state index contributed by atoms with van der Waals surface area (Å²) >= 11 is 14.3. The van der Waals surface area contributed by atoms with Crippen molar-refractivity contribution in [1.82, 2.24) is 73.3 Å². The molecule has 28 nitrogen and oxygen atoms in total. The van der Waals surface area contributed by atoms with Crippen LogP contribution in [0.3, 0.4) is 0 Å². The van der Waals surface area contributed by atoms with Gasteiger partial charge in [0, 0.05) is 186 Å². The van der Waals surface area contributed by atoms with Crippen LogP contribution in [-0.2, 0) is 0 Å². The molecule has 8 aromatic carbocycles. The number of halogens is 18. The highest BCUT2D eigenvalue weighted by Gasteiger charge is 2.36. The lowest BCUT2D eigenvalue weighted by Gasteiger charge is -2.26. The number of hydrogen-bond acceptors (Lipinski definition) is 19. The molecule has 16 aromatic rings. The first-order valence-electron chi connectivity index (χ1n) is 43.3. The van der Waals surface area contributed by atoms with E-state index in [1.165, 1.54) is 167 Å². The fourth-order valence-electron chi connectivity index (χ4n) is 15.7. The molecular weight excluding hydrogens is 1950 g/mol. The molecule has 0 bridgehead atoms. The summed E-state index contributed by atoms with van der Waals surface area (Å²) in [6.45, 7) is 13.1. The van der Waals surface area contributed by atoms with Gasteiger partial charge in [-0.15, -0.1) is 39.5 Å². The van der Waals surface area contributed by atoms with Gasteiger partial charge in [0.05, 0.1) is 49.8 Å². The number of alkyl halides is 18. The Morgan fingerprint density at radius 2 is 0.732 bits per heavy atom. The number of aromatic amines is 1. The predicted octanol–water partition coefficient (Wildman–Crippen LogP) is 26.0. The highest BCUT2D eigenvalue weighted by atomic mass is 35.5. The summed E-state index contributed by atoms with van der Waals surface area (Å²) in [4.78, 5) is 89.6. The molecule has 0 radical (unpaired) electrons. The minimum absolute atomic E-state index is 0.103. The number of aromatic nitrogens is 15. The molecule has 0 aliphatic carbocycles. The molecule has 5 atom stereocenters. The van der Waals surface area contributed by atoms with Crippen LogP contribution in [0, 0.1) is 0 Å². The Kier molecular flexibility index (Phi) is 31.5. The number of carbonyl (C=O) groups excluding carboxylic acids is 4. The quantitative estimate of drug-likeness (QED) is 0.0196. The topological polar surface area (TPSA) is 338 Å². The first-order valence-corrected chi connectivity index (χ1v) is 44.4. The van der Waals surface area contributed by atoms with E-state index in [2.05, 4.69) is 102 Å². The van der Waals surface area contributed by atoms with Gasteiger partial charge in [0.1, 0.15) is 47.6 Å². The zero-order chi connectivity index (χ0) is 102. The van der Waals surface area contributed by atoms with E-state index < -0.39 is 89.5 Å². The Morgan fingerprint density at radius 3 is 1.04 bits per heavy atom. The number of nitrogens with zero attached hydrogens (tertiary/aromatic N) is 14. The molecule has 46 heteroatoms. The van der Waals surface area contributed by atoms with Crippen molar-refractivity contribution in [2.24, 2.45) is 0 Å². The van der Waals surface area contributed by atoms with Gasteiger partial charge in [0.25, 0.3) is 42.9 Å². The first-order chi connectivity index (χ1) is 67.4. The second-order valence-corrected chi connectivity index (χ2v) is 33.4. The van der Waals surface area contributed by atoms with Gasteiger partial charge in [-0.1, -0.05) is 26.8 Å². The van der Waals surface area contributed by atoms with Gasteiger partial charge in [0.2, 0.25) is 0 Å². The lowest BCUT2D eigenvalue weighted by atomic mass is 9.99. The average Bonchev–Trinajstić information content (AvgIpc) is 1.59. The van der Waals surface area contributed by atoms with Gasteiger partial charge in [-0.05, 0) is 218 Å². The molecule has 0 saturated heterocycles. The van der Waals surface area contributed by atoms with Crippen LogP contribution in [0.5, 0.6) is 23.0 Å². The number of carbonyl (C=O) groups is 4. The number of amides is 4. The van der Waals surface area contributed by atoms with Crippen molar-refractivity contribution >= 4 is 125 Å². The lowest BCUT2D eigenvalue weighted by molar-refractivity contribution is -0.274. The summed E-state index contributed by atoms with van der Waals surface area (Å²) in [7, 11) is 0. The third-order valence-corrected chi connectivity index (χ3v) is 22.7. The van der Waals surface area contributed by atoms with E-state index in [0.29, 0.717) is 104 Å². The van der Waals surface area contributed by atoms with E-state index >= 15 is 0 Å². The molecule has 8 aromatic heterocycles. The number of aliphatic hydroxyl groups excluding tert-OH is 1. The molecule has 6 N–H and O–H groups in total. The number of nitrogens with one attached hydrogen (secondary N) is 5. The largest absolute Gasteiger partial charge is 0.573 e. The maximum absolute atomic E-state index is 13.9. The molecule has 0 spiro atoms. The van der Waals surface area contributed by atoms with Crippen LogP contribution in [0.1, 0.15) is 195 Å². The van der Waals surface area contributed by atoms with Crippen LogP contribution in [0.4, 0.5) is 88.6 Å². The maximum atomic E-state index is 13.9. The number of fused-ring (bicyclic) bond motifs is 6. The number of anilines is 4. The predicted molar refractivity (Wildman–Crippen MR) is 499 cm³/mol. The Hall–Kier alpha value is -15.0. The summed E-state index contributed by atoms with van der Waals surface area (Å²) in [5, 5.41) is 27.9. The van der Waals surface area contributed by atoms with Gasteiger partial charge in [-0.25, -0.2) is 66.2 Å². The van der Waals surface area contributed by atoms with Crippen molar-refractivity contribution in [3.8, 4) is 67.6 Å². The number of aliphatic hydroxyl groups is 1. The number of imidazole rings is 4. The fraction of sp³-hybridized carbons (Fsp3) is 0.250. The second kappa shape index (κ2) is 43.4. The molecule has 0 fully saturated rings. The van der Waals surface area contributed by atoms with Gasteiger partial charge >= 0.3 is 23.1 Å². The van der Waals surface area contributed by atoms with Crippen LogP contribution in [-0.4, -0.2) is 125 Å². The molecule has 0 saturated carbocycles. The zero-order valence-electron chi connectivity index (χ0n) is 75.2. The third-order valence-electron chi connectivity index (χ3n) is 22.5. The SMILES string of the molecule is CC[C@@H](C)n1c(C(F)F)nc2cc(C(=O)Nc3ccc(OC(F)(F)Cl)cc3)cc(-c3ccn[nH]3)c21.CC[C@@H](C)n1c(C(F)F)nc2cc(C(=O)Nc3ccc(OC(F)(F)F)cc3)cc(-c3cncnc3)c21.CC[C@H](C)n1c(C(F)F)nc2cc(C(=O)Nc3ccc(OC(F)(F)Cl)cc3)cc(-c3cncnc3)c21.C[C@@H]1CC[C@@H](O)c2nc3cc(C(=O)Nc4ccc(OC(F)(F)Cl)cc4)cc(-c4cccnc4)c3n21. The number of pyridine rings is 1. The van der Waals surface area contributed by atoms with Crippen molar-refractivity contribution in [3.63, 3.8) is 0 Å². The summed E-state index contributed by atoms with van der Waals surface area (Å²) in [6, 6.07) is 37.3. The van der Waals surface area contributed by atoms with Crippen LogP contribution in [0.25, 0.3) is 88.8 Å². The van der Waals surface area contributed by atoms with E-state index in [1.54, 1.807) is 49.6 Å². The molecule has 9 heterocycles. The van der Waals surface area contributed by atoms with Crippen molar-refractivity contribution in [2.45, 2.75) is 153 Å². The smallest absolute Gasteiger partial charge is 0.420 e. The molecule has 1 aliphatic heterocycles. The van der Waals surface area contributed by atoms with Gasteiger partial charge in [-0.2, -0.15) is 5.10 Å². The van der Waals surface area contributed by atoms with E-state index in [-0.39, 0.29) is 91.9 Å². The summed E-state index contributed by atoms with van der Waals surface area (Å²) in [5.41, 5.74) is -1.76. The van der Waals surface area contributed by atoms with Gasteiger partial charge in [-0.3, -0.25) is 29.3 Å². The van der Waals surface area contributed by atoms with E-state index in [9.17, 15) is 90.1 Å². The summed E-state index contributed by atoms with van der Waals surface area (Å²) < 4.78 is 220. The highest BCUT2D eigenvalue weighted by Crippen LogP contribution is 2.45. The highest BCUT2D eigenvalue weighted by molar-refractivity contribution is 6.21. The monoisotopic (exact) mass is 2030 g/mol. The fourth-order valence-corrected chi connectivity index (χ4v) is 15.9. The molecule has 740 valence electrons. The second-order valence-electron chi connectivity index (χ2n) is 32.1. The minimum atomic E-state index is -4.84. The van der Waals surface area contributed by atoms with Crippen molar-refractivity contribution < 1.29 is 109 Å². The maximum Gasteiger partial charge on any atom is 0.573 e. The standard InChI is InChI=1S/C25H21ClF2N4O3.C24H20ClF4N5O2.C24H20F5N5O2.C23H20ClF4N5O2/c1-14-4-9-21(33)23-31-20-12-16(11-19(22(20)32(14)23)15-3-2-10-29-13-15)24(34)30-17-5-7-18(8-6-17)35-25(26,27)28;1-3-13(2)34-20-18(15-10-30-12-31-11-15)8-14(9-19(20)33-22(34)21(26)27)23(35)32-16-4-6-17(7-5-16)36-24(25,28)29;1-3-13(2)34-20-18(15-10-30-12-31-11-15)8-14(9-19(20)33-22(34)21(25)26)23(35)32-16-4-6-17(7-5-16)36-24(27,28)29;1-3-12(2)33-19-16(17-8-9-29-32-17)10-13(11-18(19)31-21(33)20(25)26)22(34)30-14-4-6-15(7-5-14)35-23(24,27)28/h2-3,5-8,10-14,21,33H,4,9H2,1H3,(H,30,34);2*4-13,21H,3H2,1-2H3,(H,32,35);4-12,20H,3H2,1-2H3,(H,29,32)(H,30,34)/t14-,21-;2*13-;12-/m1011/s1. The average molecular weight is 2040 g/mol. The van der Waals surface area contributed by atoms with E-state index in [0.717, 1.165) is 35.2 Å². The Labute approximate surface area is 811 Å². The van der Waals surface area contributed by atoms with Crippen LogP contribution in [0.15, 0.2) is 220 Å². The molecule has 142 heavy (non-hydrogen) atoms. The van der Waals surface area contributed by atoms with Gasteiger partial charge < -0.3 is 63.6 Å². The van der Waals surface area contributed by atoms with Gasteiger partial charge in [0.15, 0.2) is 17.5 Å². The number of ether oxygens (including phenoxy) is 4. The lowest BCUT2D eigenvalue weighted by Crippen LogP contribution is -2.19. The zero-order valence-corrected chi connectivity index (χ0v) is 77.5. The number of benzene rings is 8. The minimum Gasteiger partial charge on any atom is -0.420 e. The van der Waals surface area contributed by atoms with E-state index in [1.807, 2.05) is 51.3 Å². The first kappa shape index (κ1) is 103. The molecule has 4 amide bonds. The van der Waals surface area contributed by atoms with Crippen LogP contribution < -0.4 is 40.2 Å². The van der Waals surface area contributed by atoms with E-state index in [4.69, 9.17) is 34.8 Å². The summed E-state index contributed by atoms with van der Waals surface area (Å²) in [5.74, 6) is -3.75. The molecule has 17 rings (SSSR count). The third kappa shape index (κ3) is 24.7. The normalized spacial score (nSPS) is 14.0. The number of H-pyrrole nitrogens is 1. The van der Waals surface area contributed by atoms with Crippen molar-refractivity contribution in [2.75, 3.05) is 21.3 Å². The summed E-state index contributed by atoms with van der Waals surface area (Å²) in [6.07, 6.45) is 2.73. The van der Waals surface area contributed by atoms with Crippen molar-refractivity contribution in [3.05, 3.63) is 265 Å². The Bertz CT molecular complexity index is 6950. The van der Waals surface area contributed by atoms with Crippen LogP contribution >= 0.6 is 34.8 Å². The Balaban J connectivity index is 0.000000150. The van der Waals surface area contributed by atoms with Crippen LogP contribution in [0.2, 0.25) is 0 Å². The molecular formula is C96H81Cl3F15N19O9. The Morgan fingerprint density at radius 1 is 0.415 bits per heavy atom. The number of rotatable bonds is 28. The molecule has 0 unspecified atom stereocenters.